The van der Waals surface area contributed by atoms with Crippen molar-refractivity contribution >= 4 is 5.70 Å². The maximum atomic E-state index is 12.8. The topological polar surface area (TPSA) is 35.2 Å². The van der Waals surface area contributed by atoms with Gasteiger partial charge in [-0.05, 0) is 12.1 Å². The highest BCUT2D eigenvalue weighted by molar-refractivity contribution is 5.61. The van der Waals surface area contributed by atoms with Crippen molar-refractivity contribution in [1.29, 1.82) is 0 Å². The summed E-state index contributed by atoms with van der Waals surface area (Å²) in [4.78, 5) is 0. The molecule has 2 nitrogen and oxygen atoms in total. The van der Waals surface area contributed by atoms with Crippen LogP contribution >= 0.6 is 0 Å². The van der Waals surface area contributed by atoms with Gasteiger partial charge in [0.15, 0.2) is 0 Å². The minimum atomic E-state index is -0.379. The molecular weight excluding hydrogens is 157 g/mol. The lowest BCUT2D eigenvalue weighted by Gasteiger charge is -2.03. The highest BCUT2D eigenvalue weighted by Gasteiger charge is 2.00. The van der Waals surface area contributed by atoms with Crippen LogP contribution in [0.2, 0.25) is 0 Å². The number of hydrogen-bond donors (Lipinski definition) is 1. The van der Waals surface area contributed by atoms with Crippen LogP contribution in [0.3, 0.4) is 0 Å². The molecule has 0 radical (unpaired) electrons. The van der Waals surface area contributed by atoms with Crippen LogP contribution in [-0.4, -0.2) is 7.11 Å². The molecule has 1 aromatic carbocycles. The van der Waals surface area contributed by atoms with E-state index in [1.165, 1.54) is 19.2 Å². The molecule has 0 spiro atoms. The minimum absolute atomic E-state index is 0.327. The number of nitrogens with two attached hydrogens (primary N) is 1. The Balaban J connectivity index is 3.15. The number of halogens is 1. The van der Waals surface area contributed by atoms with E-state index in [0.29, 0.717) is 17.0 Å². The van der Waals surface area contributed by atoms with Gasteiger partial charge in [0.05, 0.1) is 7.11 Å². The van der Waals surface area contributed by atoms with E-state index in [-0.39, 0.29) is 5.82 Å². The van der Waals surface area contributed by atoms with Crippen LogP contribution in [0, 0.1) is 5.82 Å². The average molecular weight is 167 g/mol. The lowest BCUT2D eigenvalue weighted by atomic mass is 10.1. The zero-order valence-electron chi connectivity index (χ0n) is 6.80. The van der Waals surface area contributed by atoms with Gasteiger partial charge in [-0.15, -0.1) is 0 Å². The normalized spacial score (nSPS) is 9.50. The van der Waals surface area contributed by atoms with Crippen LogP contribution in [-0.2, 0) is 0 Å². The second kappa shape index (κ2) is 3.26. The van der Waals surface area contributed by atoms with Crippen molar-refractivity contribution in [2.24, 2.45) is 5.73 Å². The minimum Gasteiger partial charge on any atom is -0.497 e. The van der Waals surface area contributed by atoms with E-state index in [0.717, 1.165) is 0 Å². The standard InChI is InChI=1S/C9H10FNO/c1-6(11)7-3-8(10)5-9(4-7)12-2/h3-5H,1,11H2,2H3. The van der Waals surface area contributed by atoms with E-state index in [1.54, 1.807) is 6.07 Å². The maximum Gasteiger partial charge on any atom is 0.127 e. The Hall–Kier alpha value is -1.51. The molecule has 0 saturated carbocycles. The first kappa shape index (κ1) is 8.59. The van der Waals surface area contributed by atoms with Crippen LogP contribution in [0.15, 0.2) is 24.8 Å². The zero-order chi connectivity index (χ0) is 9.14. The smallest absolute Gasteiger partial charge is 0.127 e. The summed E-state index contributed by atoms with van der Waals surface area (Å²) in [5.41, 5.74) is 6.26. The fourth-order valence-electron chi connectivity index (χ4n) is 0.866. The second-order valence-corrected chi connectivity index (χ2v) is 2.40. The first-order chi connectivity index (χ1) is 5.63. The Kier molecular flexibility index (Phi) is 2.33. The largest absolute Gasteiger partial charge is 0.497 e. The summed E-state index contributed by atoms with van der Waals surface area (Å²) in [7, 11) is 1.47. The summed E-state index contributed by atoms with van der Waals surface area (Å²) in [6.45, 7) is 3.50. The molecule has 0 saturated heterocycles. The third-order valence-corrected chi connectivity index (χ3v) is 1.48. The Morgan fingerprint density at radius 2 is 2.17 bits per heavy atom. The predicted octanol–water partition coefficient (Wildman–Crippen LogP) is 1.76. The molecule has 0 aliphatic rings. The summed E-state index contributed by atoms with van der Waals surface area (Å²) >= 11 is 0. The van der Waals surface area contributed by atoms with Crippen molar-refractivity contribution in [3.8, 4) is 5.75 Å². The van der Waals surface area contributed by atoms with Gasteiger partial charge in [-0.3, -0.25) is 0 Å². The fourth-order valence-corrected chi connectivity index (χ4v) is 0.866. The molecule has 0 aromatic heterocycles. The molecule has 64 valence electrons. The molecule has 12 heavy (non-hydrogen) atoms. The van der Waals surface area contributed by atoms with Gasteiger partial charge in [-0.1, -0.05) is 6.58 Å². The lowest BCUT2D eigenvalue weighted by Crippen LogP contribution is -1.95. The highest BCUT2D eigenvalue weighted by Crippen LogP contribution is 2.18. The van der Waals surface area contributed by atoms with E-state index in [4.69, 9.17) is 10.5 Å². The number of hydrogen-bond acceptors (Lipinski definition) is 2. The molecule has 1 rings (SSSR count). The maximum absolute atomic E-state index is 12.8. The predicted molar refractivity (Wildman–Crippen MR) is 46.2 cm³/mol. The Labute approximate surface area is 70.5 Å². The van der Waals surface area contributed by atoms with E-state index >= 15 is 0 Å². The summed E-state index contributed by atoms with van der Waals surface area (Å²) in [5, 5.41) is 0. The Morgan fingerprint density at radius 1 is 1.50 bits per heavy atom. The SMILES string of the molecule is C=C(N)c1cc(F)cc(OC)c1. The number of benzene rings is 1. The van der Waals surface area contributed by atoms with Crippen LogP contribution in [0.25, 0.3) is 5.70 Å². The van der Waals surface area contributed by atoms with Crippen molar-refractivity contribution in [3.63, 3.8) is 0 Å². The number of rotatable bonds is 2. The molecule has 2 N–H and O–H groups in total. The molecule has 0 atom stereocenters. The van der Waals surface area contributed by atoms with Crippen LogP contribution in [0.1, 0.15) is 5.56 Å². The van der Waals surface area contributed by atoms with Gasteiger partial charge in [0, 0.05) is 17.3 Å². The summed E-state index contributed by atoms with van der Waals surface area (Å²) < 4.78 is 17.6. The van der Waals surface area contributed by atoms with Crippen molar-refractivity contribution in [1.82, 2.24) is 0 Å². The molecule has 3 heteroatoms. The van der Waals surface area contributed by atoms with E-state index < -0.39 is 0 Å². The first-order valence-electron chi connectivity index (χ1n) is 3.43. The third kappa shape index (κ3) is 1.75. The van der Waals surface area contributed by atoms with Gasteiger partial charge in [0.1, 0.15) is 11.6 Å². The summed E-state index contributed by atoms with van der Waals surface area (Å²) in [6.07, 6.45) is 0. The third-order valence-electron chi connectivity index (χ3n) is 1.48. The average Bonchev–Trinajstić information content (AvgIpc) is 2.03. The Bertz CT molecular complexity index is 309. The van der Waals surface area contributed by atoms with Crippen molar-refractivity contribution < 1.29 is 9.13 Å². The molecule has 1 aromatic rings. The van der Waals surface area contributed by atoms with E-state index in [2.05, 4.69) is 6.58 Å². The second-order valence-electron chi connectivity index (χ2n) is 2.40. The molecular formula is C9H10FNO. The van der Waals surface area contributed by atoms with Crippen molar-refractivity contribution in [2.45, 2.75) is 0 Å². The van der Waals surface area contributed by atoms with Gasteiger partial charge < -0.3 is 10.5 Å². The van der Waals surface area contributed by atoms with Gasteiger partial charge in [0.25, 0.3) is 0 Å². The van der Waals surface area contributed by atoms with Gasteiger partial charge >= 0.3 is 0 Å². The van der Waals surface area contributed by atoms with Crippen molar-refractivity contribution in [3.05, 3.63) is 36.2 Å². The van der Waals surface area contributed by atoms with Crippen molar-refractivity contribution in [2.75, 3.05) is 7.11 Å². The van der Waals surface area contributed by atoms with E-state index in [1.807, 2.05) is 0 Å². The van der Waals surface area contributed by atoms with Crippen LogP contribution in [0.4, 0.5) is 4.39 Å². The summed E-state index contributed by atoms with van der Waals surface area (Å²) in [5.74, 6) is 0.0625. The number of ether oxygens (including phenoxy) is 1. The monoisotopic (exact) mass is 167 g/mol. The fraction of sp³-hybridized carbons (Fsp3) is 0.111. The van der Waals surface area contributed by atoms with Gasteiger partial charge in [0.2, 0.25) is 0 Å². The molecule has 0 fully saturated rings. The van der Waals surface area contributed by atoms with Crippen LogP contribution in [0.5, 0.6) is 5.75 Å². The highest BCUT2D eigenvalue weighted by atomic mass is 19.1. The molecule has 0 aliphatic heterocycles. The number of methoxy groups -OCH3 is 1. The van der Waals surface area contributed by atoms with Gasteiger partial charge in [-0.25, -0.2) is 4.39 Å². The quantitative estimate of drug-likeness (QED) is 0.728. The summed E-state index contributed by atoms with van der Waals surface area (Å²) in [6, 6.07) is 4.22. The molecule has 0 amide bonds. The van der Waals surface area contributed by atoms with E-state index in [9.17, 15) is 4.39 Å². The van der Waals surface area contributed by atoms with Gasteiger partial charge in [-0.2, -0.15) is 0 Å². The lowest BCUT2D eigenvalue weighted by molar-refractivity contribution is 0.411. The molecule has 0 aliphatic carbocycles. The van der Waals surface area contributed by atoms with Crippen LogP contribution < -0.4 is 10.5 Å². The Morgan fingerprint density at radius 3 is 2.67 bits per heavy atom. The molecule has 0 unspecified atom stereocenters. The molecule has 0 bridgehead atoms. The zero-order valence-corrected chi connectivity index (χ0v) is 6.80. The molecule has 0 heterocycles. The first-order valence-corrected chi connectivity index (χ1v) is 3.43.